The minimum atomic E-state index is 0.364. The molecule has 19 heavy (non-hydrogen) atoms. The van der Waals surface area contributed by atoms with Gasteiger partial charge in [0.2, 0.25) is 11.9 Å². The van der Waals surface area contributed by atoms with Crippen LogP contribution in [0.5, 0.6) is 6.01 Å². The molecule has 1 fully saturated rings. The van der Waals surface area contributed by atoms with Crippen molar-refractivity contribution in [2.45, 2.75) is 45.6 Å². The van der Waals surface area contributed by atoms with Crippen molar-refractivity contribution in [3.8, 4) is 6.01 Å². The standard InChI is InChI=1S/C13H23N5O/c1-4-19-13-17-11(14-3)16-12(18-13)15-9(2)10-7-5-6-8-10/h9-10H,4-8H2,1-3H3,(H2,14,15,16,17,18). The van der Waals surface area contributed by atoms with Gasteiger partial charge in [-0.1, -0.05) is 12.8 Å². The lowest BCUT2D eigenvalue weighted by Gasteiger charge is -2.20. The Balaban J connectivity index is 2.07. The van der Waals surface area contributed by atoms with Crippen LogP contribution in [-0.2, 0) is 0 Å². The van der Waals surface area contributed by atoms with Gasteiger partial charge in [0, 0.05) is 13.1 Å². The van der Waals surface area contributed by atoms with Crippen LogP contribution in [0.4, 0.5) is 11.9 Å². The largest absolute Gasteiger partial charge is 0.464 e. The molecule has 0 aromatic carbocycles. The zero-order valence-electron chi connectivity index (χ0n) is 11.9. The molecule has 0 amide bonds. The number of nitrogens with one attached hydrogen (secondary N) is 2. The summed E-state index contributed by atoms with van der Waals surface area (Å²) in [6.07, 6.45) is 5.24. The fourth-order valence-electron chi connectivity index (χ4n) is 2.51. The van der Waals surface area contributed by atoms with E-state index in [0.29, 0.717) is 36.5 Å². The van der Waals surface area contributed by atoms with Crippen LogP contribution < -0.4 is 15.4 Å². The predicted molar refractivity (Wildman–Crippen MR) is 75.6 cm³/mol. The van der Waals surface area contributed by atoms with Gasteiger partial charge in [0.1, 0.15) is 0 Å². The Hall–Kier alpha value is -1.59. The van der Waals surface area contributed by atoms with E-state index >= 15 is 0 Å². The number of hydrogen-bond donors (Lipinski definition) is 2. The lowest BCUT2D eigenvalue weighted by atomic mass is 10.0. The average Bonchev–Trinajstić information content (AvgIpc) is 2.92. The van der Waals surface area contributed by atoms with E-state index in [-0.39, 0.29) is 0 Å². The number of aromatic nitrogens is 3. The van der Waals surface area contributed by atoms with Gasteiger partial charge >= 0.3 is 6.01 Å². The summed E-state index contributed by atoms with van der Waals surface area (Å²) in [7, 11) is 1.79. The minimum Gasteiger partial charge on any atom is -0.464 e. The number of ether oxygens (including phenoxy) is 1. The Morgan fingerprint density at radius 2 is 1.89 bits per heavy atom. The SMILES string of the molecule is CCOc1nc(NC)nc(NC(C)C2CCCC2)n1. The van der Waals surface area contributed by atoms with Gasteiger partial charge in [-0.05, 0) is 32.6 Å². The number of nitrogens with zero attached hydrogens (tertiary/aromatic N) is 3. The van der Waals surface area contributed by atoms with E-state index < -0.39 is 0 Å². The molecule has 1 heterocycles. The van der Waals surface area contributed by atoms with Crippen LogP contribution in [0.25, 0.3) is 0 Å². The Kier molecular flexibility index (Phi) is 4.76. The fraction of sp³-hybridized carbons (Fsp3) is 0.769. The van der Waals surface area contributed by atoms with Gasteiger partial charge in [-0.15, -0.1) is 0 Å². The van der Waals surface area contributed by atoms with Crippen molar-refractivity contribution in [1.82, 2.24) is 15.0 Å². The first-order chi connectivity index (χ1) is 9.22. The Bertz CT molecular complexity index is 406. The lowest BCUT2D eigenvalue weighted by molar-refractivity contribution is 0.312. The summed E-state index contributed by atoms with van der Waals surface area (Å²) in [5, 5.41) is 6.30. The van der Waals surface area contributed by atoms with Gasteiger partial charge in [-0.25, -0.2) is 0 Å². The van der Waals surface area contributed by atoms with Crippen LogP contribution in [0, 0.1) is 5.92 Å². The van der Waals surface area contributed by atoms with Crippen LogP contribution in [0.2, 0.25) is 0 Å². The molecule has 2 N–H and O–H groups in total. The Labute approximate surface area is 114 Å². The van der Waals surface area contributed by atoms with Crippen molar-refractivity contribution in [1.29, 1.82) is 0 Å². The molecule has 6 nitrogen and oxygen atoms in total. The molecular formula is C13H23N5O. The highest BCUT2D eigenvalue weighted by atomic mass is 16.5. The maximum Gasteiger partial charge on any atom is 0.323 e. The van der Waals surface area contributed by atoms with Crippen LogP contribution in [0.3, 0.4) is 0 Å². The first-order valence-electron chi connectivity index (χ1n) is 7.06. The summed E-state index contributed by atoms with van der Waals surface area (Å²) in [6, 6.07) is 0.743. The van der Waals surface area contributed by atoms with E-state index in [1.165, 1.54) is 25.7 Å². The molecular weight excluding hydrogens is 242 g/mol. The van der Waals surface area contributed by atoms with Crippen LogP contribution in [0.15, 0.2) is 0 Å². The van der Waals surface area contributed by atoms with Gasteiger partial charge in [-0.3, -0.25) is 0 Å². The second-order valence-electron chi connectivity index (χ2n) is 4.93. The van der Waals surface area contributed by atoms with E-state index in [0.717, 1.165) is 0 Å². The molecule has 0 radical (unpaired) electrons. The first kappa shape index (κ1) is 13.8. The molecule has 1 saturated carbocycles. The third-order valence-electron chi connectivity index (χ3n) is 3.58. The quantitative estimate of drug-likeness (QED) is 0.822. The van der Waals surface area contributed by atoms with E-state index in [1.807, 2.05) is 6.92 Å². The third kappa shape index (κ3) is 3.68. The topological polar surface area (TPSA) is 72.0 Å². The molecule has 0 bridgehead atoms. The van der Waals surface area contributed by atoms with Crippen molar-refractivity contribution in [2.24, 2.45) is 5.92 Å². The lowest BCUT2D eigenvalue weighted by Crippen LogP contribution is -2.25. The Morgan fingerprint density at radius 1 is 1.21 bits per heavy atom. The monoisotopic (exact) mass is 265 g/mol. The summed E-state index contributed by atoms with van der Waals surface area (Å²) in [5.41, 5.74) is 0. The zero-order chi connectivity index (χ0) is 13.7. The Morgan fingerprint density at radius 3 is 2.53 bits per heavy atom. The smallest absolute Gasteiger partial charge is 0.323 e. The molecule has 0 aliphatic heterocycles. The molecule has 1 aromatic rings. The van der Waals surface area contributed by atoms with E-state index in [1.54, 1.807) is 7.05 Å². The van der Waals surface area contributed by atoms with Crippen LogP contribution in [0.1, 0.15) is 39.5 Å². The van der Waals surface area contributed by atoms with Gasteiger partial charge < -0.3 is 15.4 Å². The summed E-state index contributed by atoms with van der Waals surface area (Å²) in [4.78, 5) is 12.8. The molecule has 1 atom stereocenters. The van der Waals surface area contributed by atoms with Crippen molar-refractivity contribution in [3.05, 3.63) is 0 Å². The van der Waals surface area contributed by atoms with Crippen molar-refractivity contribution >= 4 is 11.9 Å². The fourth-order valence-corrected chi connectivity index (χ4v) is 2.51. The predicted octanol–water partition coefficient (Wildman–Crippen LogP) is 2.30. The first-order valence-corrected chi connectivity index (χ1v) is 7.06. The van der Waals surface area contributed by atoms with Crippen molar-refractivity contribution in [2.75, 3.05) is 24.3 Å². The van der Waals surface area contributed by atoms with Gasteiger partial charge in [-0.2, -0.15) is 15.0 Å². The summed E-state index contributed by atoms with van der Waals surface area (Å²) in [5.74, 6) is 1.83. The minimum absolute atomic E-state index is 0.364. The number of rotatable bonds is 6. The normalized spacial score (nSPS) is 17.2. The zero-order valence-corrected chi connectivity index (χ0v) is 11.9. The molecule has 1 aliphatic carbocycles. The van der Waals surface area contributed by atoms with Crippen LogP contribution >= 0.6 is 0 Å². The van der Waals surface area contributed by atoms with E-state index in [4.69, 9.17) is 4.74 Å². The second-order valence-corrected chi connectivity index (χ2v) is 4.93. The average molecular weight is 265 g/mol. The van der Waals surface area contributed by atoms with Gasteiger partial charge in [0.05, 0.1) is 6.61 Å². The highest BCUT2D eigenvalue weighted by molar-refractivity contribution is 5.36. The van der Waals surface area contributed by atoms with Gasteiger partial charge in [0.15, 0.2) is 0 Å². The maximum absolute atomic E-state index is 5.35. The van der Waals surface area contributed by atoms with E-state index in [9.17, 15) is 0 Å². The highest BCUT2D eigenvalue weighted by Gasteiger charge is 2.22. The molecule has 0 spiro atoms. The maximum atomic E-state index is 5.35. The molecule has 6 heteroatoms. The summed E-state index contributed by atoms with van der Waals surface area (Å²) < 4.78 is 5.35. The van der Waals surface area contributed by atoms with Crippen molar-refractivity contribution < 1.29 is 4.74 Å². The molecule has 0 saturated heterocycles. The van der Waals surface area contributed by atoms with E-state index in [2.05, 4.69) is 32.5 Å². The number of hydrogen-bond acceptors (Lipinski definition) is 6. The molecule has 2 rings (SSSR count). The molecule has 1 aliphatic rings. The van der Waals surface area contributed by atoms with Crippen molar-refractivity contribution in [3.63, 3.8) is 0 Å². The van der Waals surface area contributed by atoms with Gasteiger partial charge in [0.25, 0.3) is 0 Å². The molecule has 1 unspecified atom stereocenters. The molecule has 106 valence electrons. The summed E-state index contributed by atoms with van der Waals surface area (Å²) >= 11 is 0. The third-order valence-corrected chi connectivity index (χ3v) is 3.58. The second kappa shape index (κ2) is 6.54. The molecule has 1 aromatic heterocycles. The number of anilines is 2. The highest BCUT2D eigenvalue weighted by Crippen LogP contribution is 2.28. The van der Waals surface area contributed by atoms with Crippen LogP contribution in [-0.4, -0.2) is 34.6 Å². The summed E-state index contributed by atoms with van der Waals surface area (Å²) in [6.45, 7) is 4.65.